The van der Waals surface area contributed by atoms with Crippen LogP contribution in [0.2, 0.25) is 5.02 Å². The Labute approximate surface area is 159 Å². The SMILES string of the molecule is COc1ccccc1OCC(=O)N1CCN(c2cc(Cl)ccc2C)CC1. The molecule has 2 aromatic rings. The standard InChI is InChI=1S/C20H23ClN2O3/c1-15-7-8-16(21)13-17(15)22-9-11-23(12-10-22)20(24)14-26-19-6-4-3-5-18(19)25-2/h3-8,13H,9-12,14H2,1-2H3. The molecule has 0 radical (unpaired) electrons. The summed E-state index contributed by atoms with van der Waals surface area (Å²) < 4.78 is 10.9. The molecule has 1 saturated heterocycles. The van der Waals surface area contributed by atoms with Crippen LogP contribution in [0.15, 0.2) is 42.5 Å². The predicted molar refractivity (Wildman–Crippen MR) is 103 cm³/mol. The summed E-state index contributed by atoms with van der Waals surface area (Å²) in [5, 5.41) is 0.731. The highest BCUT2D eigenvalue weighted by atomic mass is 35.5. The number of rotatable bonds is 5. The number of para-hydroxylation sites is 2. The van der Waals surface area contributed by atoms with Gasteiger partial charge in [-0.15, -0.1) is 0 Å². The minimum atomic E-state index is -0.0154. The Bertz CT molecular complexity index is 773. The average Bonchev–Trinajstić information content (AvgIpc) is 2.68. The number of hydrogen-bond acceptors (Lipinski definition) is 4. The molecule has 1 fully saturated rings. The Morgan fingerprint density at radius 2 is 1.77 bits per heavy atom. The van der Waals surface area contributed by atoms with Crippen LogP contribution in [-0.2, 0) is 4.79 Å². The molecule has 0 aromatic heterocycles. The van der Waals surface area contributed by atoms with E-state index < -0.39 is 0 Å². The van der Waals surface area contributed by atoms with Gasteiger partial charge in [-0.05, 0) is 36.8 Å². The van der Waals surface area contributed by atoms with Crippen LogP contribution in [-0.4, -0.2) is 50.7 Å². The summed E-state index contributed by atoms with van der Waals surface area (Å²) in [5.74, 6) is 1.19. The summed E-state index contributed by atoms with van der Waals surface area (Å²) in [7, 11) is 1.58. The third-order valence-electron chi connectivity index (χ3n) is 4.56. The van der Waals surface area contributed by atoms with Crippen molar-refractivity contribution < 1.29 is 14.3 Å². The van der Waals surface area contributed by atoms with Gasteiger partial charge in [-0.1, -0.05) is 29.8 Å². The van der Waals surface area contributed by atoms with Crippen LogP contribution in [0.25, 0.3) is 0 Å². The molecule has 1 heterocycles. The number of anilines is 1. The minimum absolute atomic E-state index is 0.0105. The molecule has 0 bridgehead atoms. The van der Waals surface area contributed by atoms with Crippen molar-refractivity contribution in [3.05, 3.63) is 53.1 Å². The molecular formula is C20H23ClN2O3. The van der Waals surface area contributed by atoms with Gasteiger partial charge in [0.1, 0.15) is 0 Å². The number of methoxy groups -OCH3 is 1. The van der Waals surface area contributed by atoms with Crippen molar-refractivity contribution >= 4 is 23.2 Å². The lowest BCUT2D eigenvalue weighted by Crippen LogP contribution is -2.50. The molecule has 0 aliphatic carbocycles. The summed E-state index contributed by atoms with van der Waals surface area (Å²) in [4.78, 5) is 16.6. The maximum Gasteiger partial charge on any atom is 0.260 e. The summed E-state index contributed by atoms with van der Waals surface area (Å²) in [5.41, 5.74) is 2.32. The molecule has 0 saturated carbocycles. The molecule has 6 heteroatoms. The third kappa shape index (κ3) is 4.22. The molecule has 1 aliphatic heterocycles. The Balaban J connectivity index is 1.54. The van der Waals surface area contributed by atoms with E-state index in [1.165, 1.54) is 5.56 Å². The number of nitrogens with zero attached hydrogens (tertiary/aromatic N) is 2. The van der Waals surface area contributed by atoms with Crippen LogP contribution in [0, 0.1) is 6.92 Å². The molecule has 138 valence electrons. The van der Waals surface area contributed by atoms with E-state index >= 15 is 0 Å². The number of carbonyl (C=O) groups excluding carboxylic acids is 1. The van der Waals surface area contributed by atoms with Crippen molar-refractivity contribution in [3.8, 4) is 11.5 Å². The van der Waals surface area contributed by atoms with E-state index in [-0.39, 0.29) is 12.5 Å². The third-order valence-corrected chi connectivity index (χ3v) is 4.80. The molecule has 5 nitrogen and oxygen atoms in total. The van der Waals surface area contributed by atoms with Gasteiger partial charge in [-0.25, -0.2) is 0 Å². The van der Waals surface area contributed by atoms with E-state index in [9.17, 15) is 4.79 Å². The summed E-state index contributed by atoms with van der Waals surface area (Å²) in [6, 6.07) is 13.2. The predicted octanol–water partition coefficient (Wildman–Crippen LogP) is 3.38. The first-order valence-corrected chi connectivity index (χ1v) is 9.01. The highest BCUT2D eigenvalue weighted by molar-refractivity contribution is 6.30. The summed E-state index contributed by atoms with van der Waals surface area (Å²) >= 11 is 6.12. The van der Waals surface area contributed by atoms with Crippen molar-refractivity contribution in [1.82, 2.24) is 4.90 Å². The number of piperazine rings is 1. The Hall–Kier alpha value is -2.40. The van der Waals surface area contributed by atoms with Gasteiger partial charge in [0, 0.05) is 36.9 Å². The van der Waals surface area contributed by atoms with Gasteiger partial charge in [-0.3, -0.25) is 4.79 Å². The smallest absolute Gasteiger partial charge is 0.260 e. The van der Waals surface area contributed by atoms with Gasteiger partial charge in [0.05, 0.1) is 7.11 Å². The first-order chi connectivity index (χ1) is 12.6. The van der Waals surface area contributed by atoms with Gasteiger partial charge in [0.15, 0.2) is 18.1 Å². The summed E-state index contributed by atoms with van der Waals surface area (Å²) in [6.07, 6.45) is 0. The summed E-state index contributed by atoms with van der Waals surface area (Å²) in [6.45, 7) is 4.98. The zero-order valence-corrected chi connectivity index (χ0v) is 15.8. The largest absolute Gasteiger partial charge is 0.493 e. The number of hydrogen-bond donors (Lipinski definition) is 0. The molecule has 0 atom stereocenters. The van der Waals surface area contributed by atoms with E-state index in [4.69, 9.17) is 21.1 Å². The monoisotopic (exact) mass is 374 g/mol. The molecule has 1 aliphatic rings. The van der Waals surface area contributed by atoms with Gasteiger partial charge >= 0.3 is 0 Å². The molecule has 1 amide bonds. The highest BCUT2D eigenvalue weighted by Crippen LogP contribution is 2.27. The normalized spacial score (nSPS) is 14.3. The zero-order valence-electron chi connectivity index (χ0n) is 15.1. The second kappa shape index (κ2) is 8.32. The molecule has 26 heavy (non-hydrogen) atoms. The van der Waals surface area contributed by atoms with E-state index in [2.05, 4.69) is 11.8 Å². The van der Waals surface area contributed by atoms with Gasteiger partial charge in [-0.2, -0.15) is 0 Å². The topological polar surface area (TPSA) is 42.0 Å². The number of amides is 1. The first kappa shape index (κ1) is 18.4. The lowest BCUT2D eigenvalue weighted by molar-refractivity contribution is -0.133. The zero-order chi connectivity index (χ0) is 18.5. The second-order valence-electron chi connectivity index (χ2n) is 6.24. The number of halogens is 1. The minimum Gasteiger partial charge on any atom is -0.493 e. The van der Waals surface area contributed by atoms with E-state index in [0.29, 0.717) is 24.6 Å². The molecule has 2 aromatic carbocycles. The Morgan fingerprint density at radius 3 is 2.46 bits per heavy atom. The van der Waals surface area contributed by atoms with Gasteiger partial charge in [0.25, 0.3) is 5.91 Å². The van der Waals surface area contributed by atoms with E-state index in [0.717, 1.165) is 23.8 Å². The van der Waals surface area contributed by atoms with Gasteiger partial charge < -0.3 is 19.3 Å². The fraction of sp³-hybridized carbons (Fsp3) is 0.350. The molecule has 0 unspecified atom stereocenters. The van der Waals surface area contributed by atoms with Crippen LogP contribution in [0.3, 0.4) is 0 Å². The quantitative estimate of drug-likeness (QED) is 0.804. The molecule has 0 N–H and O–H groups in total. The number of benzene rings is 2. The number of ether oxygens (including phenoxy) is 2. The van der Waals surface area contributed by atoms with Crippen molar-refractivity contribution in [2.24, 2.45) is 0 Å². The second-order valence-corrected chi connectivity index (χ2v) is 6.67. The number of aryl methyl sites for hydroxylation is 1. The fourth-order valence-electron chi connectivity index (χ4n) is 3.09. The van der Waals surface area contributed by atoms with Crippen molar-refractivity contribution in [3.63, 3.8) is 0 Å². The highest BCUT2D eigenvalue weighted by Gasteiger charge is 2.22. The maximum absolute atomic E-state index is 12.5. The molecule has 0 spiro atoms. The lowest BCUT2D eigenvalue weighted by Gasteiger charge is -2.36. The Kier molecular flexibility index (Phi) is 5.89. The van der Waals surface area contributed by atoms with Crippen LogP contribution < -0.4 is 14.4 Å². The molecule has 3 rings (SSSR count). The lowest BCUT2D eigenvalue weighted by atomic mass is 10.1. The number of carbonyl (C=O) groups is 1. The van der Waals surface area contributed by atoms with E-state index in [1.807, 2.05) is 41.3 Å². The van der Waals surface area contributed by atoms with Crippen LogP contribution in [0.4, 0.5) is 5.69 Å². The average molecular weight is 375 g/mol. The van der Waals surface area contributed by atoms with Gasteiger partial charge in [0.2, 0.25) is 0 Å². The Morgan fingerprint density at radius 1 is 1.08 bits per heavy atom. The first-order valence-electron chi connectivity index (χ1n) is 8.63. The van der Waals surface area contributed by atoms with E-state index in [1.54, 1.807) is 13.2 Å². The van der Waals surface area contributed by atoms with Crippen molar-refractivity contribution in [2.75, 3.05) is 44.8 Å². The van der Waals surface area contributed by atoms with Crippen LogP contribution in [0.5, 0.6) is 11.5 Å². The molecular weight excluding hydrogens is 352 g/mol. The van der Waals surface area contributed by atoms with Crippen molar-refractivity contribution in [1.29, 1.82) is 0 Å². The fourth-order valence-corrected chi connectivity index (χ4v) is 3.26. The van der Waals surface area contributed by atoms with Crippen LogP contribution in [0.1, 0.15) is 5.56 Å². The van der Waals surface area contributed by atoms with Crippen molar-refractivity contribution in [2.45, 2.75) is 6.92 Å². The van der Waals surface area contributed by atoms with Crippen LogP contribution >= 0.6 is 11.6 Å². The maximum atomic E-state index is 12.5.